The van der Waals surface area contributed by atoms with E-state index in [1.54, 1.807) is 0 Å². The van der Waals surface area contributed by atoms with Crippen molar-refractivity contribution < 1.29 is 94.7 Å². The summed E-state index contributed by atoms with van der Waals surface area (Å²) < 4.78 is 144. The molecule has 1 saturated carbocycles. The van der Waals surface area contributed by atoms with Crippen LogP contribution in [0.5, 0.6) is 0 Å². The normalized spacial score (nSPS) is 34.7. The summed E-state index contributed by atoms with van der Waals surface area (Å²) in [5.41, 5.74) is 18.9. The lowest BCUT2D eigenvalue weighted by Crippen LogP contribution is -2.67. The monoisotopic (exact) mass is 1760 g/mol. The maximum atomic E-state index is 11.0. The molecule has 23 nitrogen and oxygen atoms in total. The molecule has 0 N–H and O–H groups in total. The van der Waals surface area contributed by atoms with Gasteiger partial charge in [-0.3, -0.25) is 0 Å². The minimum atomic E-state index is -1.27. The Labute approximate surface area is 756 Å². The smallest absolute Gasteiger partial charge is 0.185 e. The summed E-state index contributed by atoms with van der Waals surface area (Å²) in [5, 5.41) is 4.62. The highest BCUT2D eigenvalue weighted by molar-refractivity contribution is 5.21. The van der Waals surface area contributed by atoms with E-state index in [0.717, 1.165) is 50.9 Å². The standard InChI is InChI=1S/C105H133N3O20/c1-13-83-66(2)72(8)93(125-103-91(113-58-79-46-30-18-31-47-79)70(6)67(3)85(120-103)63-110-55-76-40-24-15-25-41-76)104(118-83)124-92-73(9)69(5)84(62-109-54-75-38-22-14-23-39-75)119-101(92)117-65-86-68(4)71(7)90(112-57-78-44-28-17-29-45-78)102(121-86)123-89-74(10)88(107-108-106)100(122-87(89)64-111-56-77-42-26-16-27-43-77)126-97-95(115-60-81-50-34-20-35-51-81)94(114-59-80-48-32-19-33-49-80)96(98-99(97)128-105(11,12)127-98)116-61-82-52-36-21-37-53-82/h14-53,66-74,83-104H,13,54-65H2,1-12H3/t66-,67-,68-,69-,70-,71-,72-,73-,74+,83?,84?,85?,86?,87?,88?,89-,90?,91?,92?,93?,94?,95?,96?,97?,98-,99-,100+,101-,102+,103+,104+/m0/s1. The van der Waals surface area contributed by atoms with Gasteiger partial charge in [-0.15, -0.1) is 0 Å². The molecule has 8 aromatic carbocycles. The van der Waals surface area contributed by atoms with Crippen molar-refractivity contribution in [2.75, 3.05) is 26.4 Å². The van der Waals surface area contributed by atoms with Crippen molar-refractivity contribution in [2.24, 2.45) is 58.4 Å². The molecule has 688 valence electrons. The Morgan fingerprint density at radius 3 is 0.930 bits per heavy atom. The van der Waals surface area contributed by atoms with E-state index in [1.807, 2.05) is 227 Å². The zero-order chi connectivity index (χ0) is 89.0. The van der Waals surface area contributed by atoms with Gasteiger partial charge in [-0.05, 0) is 124 Å². The summed E-state index contributed by atoms with van der Waals surface area (Å²) in [4.78, 5) is 3.56. The van der Waals surface area contributed by atoms with Gasteiger partial charge in [0.05, 0.1) is 116 Å². The highest BCUT2D eigenvalue weighted by atomic mass is 16.8. The molecule has 0 bridgehead atoms. The fraction of sp³-hybridized carbons (Fsp3) is 0.543. The lowest BCUT2D eigenvalue weighted by molar-refractivity contribution is -0.381. The van der Waals surface area contributed by atoms with Crippen LogP contribution in [0.15, 0.2) is 248 Å². The van der Waals surface area contributed by atoms with Crippen LogP contribution in [0.3, 0.4) is 0 Å². The molecule has 6 heterocycles. The van der Waals surface area contributed by atoms with Crippen LogP contribution in [0.25, 0.3) is 10.4 Å². The number of nitrogens with zero attached hydrogens (tertiary/aromatic N) is 3. The van der Waals surface area contributed by atoms with Gasteiger partial charge in [0.25, 0.3) is 0 Å². The summed E-state index contributed by atoms with van der Waals surface area (Å²) in [6, 6.07) is 79.6. The predicted molar refractivity (Wildman–Crippen MR) is 482 cm³/mol. The van der Waals surface area contributed by atoms with Crippen molar-refractivity contribution in [1.82, 2.24) is 0 Å². The Hall–Kier alpha value is -7.73. The summed E-state index contributed by atoms with van der Waals surface area (Å²) >= 11 is 0. The zero-order valence-corrected chi connectivity index (χ0v) is 76.2. The molecule has 6 saturated heterocycles. The molecule has 31 atom stereocenters. The molecule has 7 fully saturated rings. The minimum Gasteiger partial charge on any atom is -0.374 e. The molecule has 0 radical (unpaired) electrons. The van der Waals surface area contributed by atoms with Crippen LogP contribution >= 0.6 is 0 Å². The maximum Gasteiger partial charge on any atom is 0.185 e. The van der Waals surface area contributed by atoms with Gasteiger partial charge >= 0.3 is 0 Å². The number of hydrogen-bond donors (Lipinski definition) is 0. The number of fused-ring (bicyclic) bond motifs is 1. The van der Waals surface area contributed by atoms with Crippen molar-refractivity contribution in [3.63, 3.8) is 0 Å². The lowest BCUT2D eigenvalue weighted by atomic mass is 9.81. The van der Waals surface area contributed by atoms with Crippen LogP contribution in [0.4, 0.5) is 0 Å². The average Bonchev–Trinajstić information content (AvgIpc) is 1.52. The summed E-state index contributed by atoms with van der Waals surface area (Å²) in [7, 11) is 0. The van der Waals surface area contributed by atoms with Crippen molar-refractivity contribution in [1.29, 1.82) is 0 Å². The fourth-order valence-electron chi connectivity index (χ4n) is 19.2. The second-order valence-corrected chi connectivity index (χ2v) is 36.7. The van der Waals surface area contributed by atoms with E-state index >= 15 is 0 Å². The van der Waals surface area contributed by atoms with Crippen LogP contribution in [0.2, 0.25) is 0 Å². The Morgan fingerprint density at radius 1 is 0.273 bits per heavy atom. The highest BCUT2D eigenvalue weighted by Crippen LogP contribution is 2.48. The van der Waals surface area contributed by atoms with E-state index in [1.165, 1.54) is 0 Å². The Morgan fingerprint density at radius 2 is 0.547 bits per heavy atom. The first kappa shape index (κ1) is 94.9. The van der Waals surface area contributed by atoms with Gasteiger partial charge in [-0.1, -0.05) is 317 Å². The van der Waals surface area contributed by atoms with Crippen LogP contribution in [0, 0.1) is 53.3 Å². The molecule has 0 spiro atoms. The molecule has 7 aliphatic rings. The van der Waals surface area contributed by atoms with Gasteiger partial charge in [-0.25, -0.2) is 0 Å². The SMILES string of the molecule is CCC1O[C@H](OC2[C@@H](OCC3O[C@H](O[C@@H]4C(COCc5ccccc5)O[C@H](OC5C(OCc6ccccc6)C(OCc6ccccc6)C(OCc6ccccc6)[C@@H]6OC(C)(C)O[C@@H]56)C(N=[N+]=[N-])[C@H]4C)C(OCc4ccccc4)[C@@H](C)[C@@H]3C)OC(COCc3ccccc3)[C@@H](C)[C@@H]2C)C(O[C@H]2OC(COCc3ccccc3)[C@@H](C)[C@H](C)C2OCc2ccccc2)[C@@H](C)[C@@H]1C. The van der Waals surface area contributed by atoms with Gasteiger partial charge < -0.3 is 94.7 Å². The van der Waals surface area contributed by atoms with Crippen LogP contribution in [-0.4, -0.2) is 167 Å². The number of benzene rings is 8. The molecular formula is C105H133N3O20. The number of rotatable bonds is 40. The topological polar surface area (TPSA) is 233 Å². The van der Waals surface area contributed by atoms with Crippen molar-refractivity contribution in [3.8, 4) is 0 Å². The zero-order valence-electron chi connectivity index (χ0n) is 76.2. The Balaban J connectivity index is 0.738. The third kappa shape index (κ3) is 24.2. The third-order valence-electron chi connectivity index (χ3n) is 27.6. The van der Waals surface area contributed by atoms with Gasteiger partial charge in [-0.2, -0.15) is 0 Å². The van der Waals surface area contributed by atoms with Gasteiger partial charge in [0, 0.05) is 4.91 Å². The lowest BCUT2D eigenvalue weighted by Gasteiger charge is -2.52. The first-order valence-corrected chi connectivity index (χ1v) is 46.4. The molecule has 15 rings (SSSR count). The average molecular weight is 1760 g/mol. The predicted octanol–water partition coefficient (Wildman–Crippen LogP) is 19.1. The van der Waals surface area contributed by atoms with Gasteiger partial charge in [0.2, 0.25) is 0 Å². The molecule has 0 aromatic heterocycles. The Bertz CT molecular complexity index is 4600. The molecule has 6 aliphatic heterocycles. The van der Waals surface area contributed by atoms with Crippen LogP contribution in [-0.2, 0) is 148 Å². The second-order valence-electron chi connectivity index (χ2n) is 36.7. The second kappa shape index (κ2) is 46.1. The van der Waals surface area contributed by atoms with Crippen molar-refractivity contribution in [3.05, 3.63) is 298 Å². The fourth-order valence-corrected chi connectivity index (χ4v) is 19.2. The largest absolute Gasteiger partial charge is 0.374 e. The summed E-state index contributed by atoms with van der Waals surface area (Å²) in [6.45, 7) is 28.5. The first-order valence-electron chi connectivity index (χ1n) is 46.4. The molecule has 8 aromatic rings. The van der Waals surface area contributed by atoms with E-state index in [0.29, 0.717) is 26.4 Å². The summed E-state index contributed by atoms with van der Waals surface area (Å²) in [6.07, 6.45) is -15.3. The summed E-state index contributed by atoms with van der Waals surface area (Å²) in [5.74, 6) is -2.50. The van der Waals surface area contributed by atoms with Crippen LogP contribution < -0.4 is 0 Å². The quantitative estimate of drug-likeness (QED) is 0.0197. The number of hydrogen-bond acceptors (Lipinski definition) is 21. The molecule has 23 heteroatoms. The highest BCUT2D eigenvalue weighted by Gasteiger charge is 2.63. The molecule has 128 heavy (non-hydrogen) atoms. The molecular weight excluding hydrogens is 1620 g/mol. The van der Waals surface area contributed by atoms with E-state index in [4.69, 9.17) is 94.7 Å². The van der Waals surface area contributed by atoms with E-state index < -0.39 is 135 Å². The van der Waals surface area contributed by atoms with E-state index in [9.17, 15) is 5.53 Å². The Kier molecular flexibility index (Phi) is 34.2. The van der Waals surface area contributed by atoms with Gasteiger partial charge in [0.15, 0.2) is 37.2 Å². The van der Waals surface area contributed by atoms with Gasteiger partial charge in [0.1, 0.15) is 67.1 Å². The number of ether oxygens (including phenoxy) is 20. The first-order chi connectivity index (χ1) is 62.3. The molecule has 0 amide bonds. The molecule has 1 aliphatic carbocycles. The van der Waals surface area contributed by atoms with Crippen LogP contribution in [0.1, 0.15) is 134 Å². The van der Waals surface area contributed by atoms with E-state index in [-0.39, 0.29) is 112 Å². The maximum absolute atomic E-state index is 11.0. The van der Waals surface area contributed by atoms with E-state index in [2.05, 4.69) is 109 Å². The van der Waals surface area contributed by atoms with Crippen molar-refractivity contribution >= 4 is 0 Å². The minimum absolute atomic E-state index is 0.00283. The number of azide groups is 1. The molecule has 14 unspecified atom stereocenters. The van der Waals surface area contributed by atoms with Crippen molar-refractivity contribution in [2.45, 2.75) is 283 Å². The third-order valence-corrected chi connectivity index (χ3v) is 27.6.